The smallest absolute Gasteiger partial charge is 0.270 e. The van der Waals surface area contributed by atoms with Crippen LogP contribution in [-0.2, 0) is 20.9 Å². The van der Waals surface area contributed by atoms with Crippen LogP contribution in [0.15, 0.2) is 30.5 Å². The first kappa shape index (κ1) is 35.1. The third kappa shape index (κ3) is 8.51. The topological polar surface area (TPSA) is 129 Å². The molecule has 4 rings (SSSR count). The number of carbonyl (C=O) groups is 4. The lowest BCUT2D eigenvalue weighted by molar-refractivity contribution is -0.138. The van der Waals surface area contributed by atoms with Crippen molar-refractivity contribution in [1.29, 1.82) is 0 Å². The molecule has 3 N–H and O–H groups in total. The van der Waals surface area contributed by atoms with Gasteiger partial charge in [-0.2, -0.15) is 5.10 Å². The fourth-order valence-electron chi connectivity index (χ4n) is 6.58. The molecule has 2 fully saturated rings. The molecule has 12 heteroatoms. The van der Waals surface area contributed by atoms with Crippen molar-refractivity contribution in [2.45, 2.75) is 90.8 Å². The number of aromatic nitrogens is 2. The maximum absolute atomic E-state index is 15.7. The van der Waals surface area contributed by atoms with Crippen molar-refractivity contribution < 1.29 is 23.6 Å². The van der Waals surface area contributed by atoms with Crippen molar-refractivity contribution in [3.05, 3.63) is 47.5 Å². The Hall–Kier alpha value is -3.80. The van der Waals surface area contributed by atoms with Crippen molar-refractivity contribution in [2.24, 2.45) is 11.8 Å². The Kier molecular flexibility index (Phi) is 12.3. The van der Waals surface area contributed by atoms with Gasteiger partial charge >= 0.3 is 0 Å². The Morgan fingerprint density at radius 2 is 1.65 bits per heavy atom. The van der Waals surface area contributed by atoms with Crippen LogP contribution >= 0.6 is 0 Å². The first-order chi connectivity index (χ1) is 22.0. The fourth-order valence-corrected chi connectivity index (χ4v) is 6.58. The Balaban J connectivity index is 1.53. The zero-order chi connectivity index (χ0) is 33.4. The van der Waals surface area contributed by atoms with Gasteiger partial charge in [0.05, 0.1) is 5.69 Å². The summed E-state index contributed by atoms with van der Waals surface area (Å²) in [5.41, 5.74) is 0.860. The van der Waals surface area contributed by atoms with Gasteiger partial charge in [0.15, 0.2) is 0 Å². The van der Waals surface area contributed by atoms with Gasteiger partial charge in [0.1, 0.15) is 23.6 Å². The fraction of sp³-hybridized carbons (Fsp3) is 0.618. The number of benzene rings is 1. The number of carbonyl (C=O) groups excluding carboxylic acids is 4. The number of hydrogen-bond acceptors (Lipinski definition) is 6. The molecule has 1 saturated heterocycles. The number of anilines is 1. The molecule has 2 aliphatic rings. The lowest BCUT2D eigenvalue weighted by atomic mass is 9.77. The van der Waals surface area contributed by atoms with Gasteiger partial charge in [-0.25, -0.2) is 4.39 Å². The Labute approximate surface area is 271 Å². The normalized spacial score (nSPS) is 18.7. The van der Waals surface area contributed by atoms with Crippen LogP contribution in [-0.4, -0.2) is 88.5 Å². The van der Waals surface area contributed by atoms with Gasteiger partial charge in [-0.1, -0.05) is 58.9 Å². The van der Waals surface area contributed by atoms with Crippen molar-refractivity contribution >= 4 is 29.3 Å². The highest BCUT2D eigenvalue weighted by molar-refractivity contribution is 6.00. The molecule has 1 saturated carbocycles. The SMILES string of the molecule is CCC(=O)N[C@@H](C(=O)N1CCN(C)CC1)[C@@H](C)c1ccc(NC(=O)C(NC(=O)c2ccnn2CC)[C@@H](C)C2CCCCC2)c(F)c1. The number of piperazine rings is 1. The van der Waals surface area contributed by atoms with Gasteiger partial charge in [-0.15, -0.1) is 0 Å². The predicted molar refractivity (Wildman–Crippen MR) is 175 cm³/mol. The van der Waals surface area contributed by atoms with E-state index in [1.165, 1.54) is 12.1 Å². The van der Waals surface area contributed by atoms with E-state index in [-0.39, 0.29) is 35.8 Å². The summed E-state index contributed by atoms with van der Waals surface area (Å²) < 4.78 is 17.2. The average Bonchev–Trinajstić information content (AvgIpc) is 3.56. The Morgan fingerprint density at radius 1 is 0.957 bits per heavy atom. The number of halogens is 1. The van der Waals surface area contributed by atoms with Gasteiger partial charge in [-0.05, 0) is 49.6 Å². The first-order valence-corrected chi connectivity index (χ1v) is 16.7. The van der Waals surface area contributed by atoms with E-state index in [1.54, 1.807) is 41.8 Å². The molecule has 11 nitrogen and oxygen atoms in total. The van der Waals surface area contributed by atoms with E-state index in [4.69, 9.17) is 0 Å². The summed E-state index contributed by atoms with van der Waals surface area (Å²) in [5, 5.41) is 12.7. The molecular weight excluding hydrogens is 589 g/mol. The minimum atomic E-state index is -0.886. The van der Waals surface area contributed by atoms with Gasteiger partial charge in [0.25, 0.3) is 5.91 Å². The minimum Gasteiger partial charge on any atom is -0.344 e. The molecule has 4 atom stereocenters. The van der Waals surface area contributed by atoms with Crippen LogP contribution in [0.1, 0.15) is 88.2 Å². The second-order valence-electron chi connectivity index (χ2n) is 12.8. The highest BCUT2D eigenvalue weighted by Crippen LogP contribution is 2.32. The molecule has 1 aromatic carbocycles. The predicted octanol–water partition coefficient (Wildman–Crippen LogP) is 3.77. The molecule has 0 radical (unpaired) electrons. The van der Waals surface area contributed by atoms with Gasteiger partial charge in [-0.3, -0.25) is 23.9 Å². The molecule has 1 unspecified atom stereocenters. The highest BCUT2D eigenvalue weighted by Gasteiger charge is 2.35. The second-order valence-corrected chi connectivity index (χ2v) is 12.8. The molecule has 2 heterocycles. The minimum absolute atomic E-state index is 0.0193. The zero-order valence-electron chi connectivity index (χ0n) is 27.9. The summed E-state index contributed by atoms with van der Waals surface area (Å²) >= 11 is 0. The summed E-state index contributed by atoms with van der Waals surface area (Å²) in [4.78, 5) is 56.9. The Morgan fingerprint density at radius 3 is 2.28 bits per heavy atom. The number of aryl methyl sites for hydroxylation is 1. The largest absolute Gasteiger partial charge is 0.344 e. The number of nitrogens with zero attached hydrogens (tertiary/aromatic N) is 4. The number of hydrogen-bond donors (Lipinski definition) is 3. The molecule has 4 amide bonds. The van der Waals surface area contributed by atoms with E-state index in [2.05, 4.69) is 25.9 Å². The van der Waals surface area contributed by atoms with Crippen LogP contribution in [0.3, 0.4) is 0 Å². The zero-order valence-corrected chi connectivity index (χ0v) is 27.9. The molecule has 1 aliphatic heterocycles. The summed E-state index contributed by atoms with van der Waals surface area (Å²) in [6.45, 7) is 10.5. The number of likely N-dealkylation sites (N-methyl/N-ethyl adjacent to an activating group) is 1. The van der Waals surface area contributed by atoms with Gasteiger partial charge < -0.3 is 25.8 Å². The maximum Gasteiger partial charge on any atom is 0.270 e. The summed E-state index contributed by atoms with van der Waals surface area (Å²) in [6.07, 6.45) is 7.01. The molecule has 2 aromatic rings. The third-order valence-electron chi connectivity index (χ3n) is 9.73. The maximum atomic E-state index is 15.7. The molecule has 1 aromatic heterocycles. The van der Waals surface area contributed by atoms with Crippen LogP contribution in [0.4, 0.5) is 10.1 Å². The monoisotopic (exact) mass is 639 g/mol. The molecular formula is C34H50FN7O4. The van der Waals surface area contributed by atoms with Crippen molar-refractivity contribution in [3.8, 4) is 0 Å². The standard InChI is InChI=1S/C34H50FN7O4/c1-6-29(43)38-31(34(46)41-19-17-40(5)18-20-41)23(4)25-13-14-27(26(35)21-25)37-33(45)30(22(3)24-11-9-8-10-12-24)39-32(44)28-15-16-36-42(28)7-2/h13-16,21-24,30-31H,6-12,17-20H2,1-5H3,(H,37,45)(H,38,43)(H,39,44)/t22-,23-,30?,31+/m0/s1. The average molecular weight is 640 g/mol. The van der Waals surface area contributed by atoms with E-state index >= 15 is 4.39 Å². The van der Waals surface area contributed by atoms with E-state index in [0.29, 0.717) is 30.9 Å². The summed E-state index contributed by atoms with van der Waals surface area (Å²) in [7, 11) is 2.00. The number of rotatable bonds is 12. The van der Waals surface area contributed by atoms with Crippen LogP contribution in [0, 0.1) is 17.7 Å². The van der Waals surface area contributed by atoms with Gasteiger partial charge in [0, 0.05) is 51.3 Å². The highest BCUT2D eigenvalue weighted by atomic mass is 19.1. The van der Waals surface area contributed by atoms with Crippen LogP contribution in [0.2, 0.25) is 0 Å². The van der Waals surface area contributed by atoms with E-state index in [1.807, 2.05) is 20.9 Å². The van der Waals surface area contributed by atoms with Gasteiger partial charge in [0.2, 0.25) is 17.7 Å². The summed E-state index contributed by atoms with van der Waals surface area (Å²) in [6, 6.07) is 4.33. The quantitative estimate of drug-likeness (QED) is 0.325. The van der Waals surface area contributed by atoms with Crippen LogP contribution in [0.25, 0.3) is 0 Å². The number of amides is 4. The van der Waals surface area contributed by atoms with Crippen LogP contribution in [0.5, 0.6) is 0 Å². The molecule has 46 heavy (non-hydrogen) atoms. The first-order valence-electron chi connectivity index (χ1n) is 16.7. The van der Waals surface area contributed by atoms with Crippen LogP contribution < -0.4 is 16.0 Å². The molecule has 0 bridgehead atoms. The molecule has 252 valence electrons. The number of nitrogens with one attached hydrogen (secondary N) is 3. The summed E-state index contributed by atoms with van der Waals surface area (Å²) in [5.74, 6) is -2.46. The molecule has 0 spiro atoms. The van der Waals surface area contributed by atoms with E-state index in [9.17, 15) is 19.2 Å². The lowest BCUT2D eigenvalue weighted by Gasteiger charge is -2.36. The Bertz CT molecular complexity index is 1370. The molecule has 1 aliphatic carbocycles. The third-order valence-corrected chi connectivity index (χ3v) is 9.73. The second kappa shape index (κ2) is 16.2. The van der Waals surface area contributed by atoms with E-state index < -0.39 is 35.6 Å². The van der Waals surface area contributed by atoms with Crippen molar-refractivity contribution in [2.75, 3.05) is 38.5 Å². The lowest BCUT2D eigenvalue weighted by Crippen LogP contribution is -2.55. The van der Waals surface area contributed by atoms with E-state index in [0.717, 1.165) is 45.2 Å². The van der Waals surface area contributed by atoms with Crippen molar-refractivity contribution in [1.82, 2.24) is 30.2 Å². The van der Waals surface area contributed by atoms with Crippen molar-refractivity contribution in [3.63, 3.8) is 0 Å².